The first-order chi connectivity index (χ1) is 9.47. The zero-order valence-corrected chi connectivity index (χ0v) is 12.8. The van der Waals surface area contributed by atoms with Crippen molar-refractivity contribution < 1.29 is 4.39 Å². The van der Waals surface area contributed by atoms with Crippen LogP contribution in [0.5, 0.6) is 0 Å². The summed E-state index contributed by atoms with van der Waals surface area (Å²) < 4.78 is 13.7. The molecule has 0 bridgehead atoms. The molecule has 106 valence electrons. The molecule has 0 saturated heterocycles. The lowest BCUT2D eigenvalue weighted by molar-refractivity contribution is 0.584. The number of hydrogen-bond donors (Lipinski definition) is 1. The predicted molar refractivity (Wildman–Crippen MR) is 83.3 cm³/mol. The van der Waals surface area contributed by atoms with Gasteiger partial charge in [0.2, 0.25) is 0 Å². The Morgan fingerprint density at radius 1 is 1.00 bits per heavy atom. The van der Waals surface area contributed by atoms with Crippen molar-refractivity contribution in [2.45, 2.75) is 18.9 Å². The van der Waals surface area contributed by atoms with E-state index in [2.05, 4.69) is 0 Å². The van der Waals surface area contributed by atoms with Crippen LogP contribution in [0.15, 0.2) is 36.4 Å². The van der Waals surface area contributed by atoms with Crippen molar-refractivity contribution in [2.75, 3.05) is 0 Å². The van der Waals surface area contributed by atoms with Gasteiger partial charge in [0, 0.05) is 21.1 Å². The predicted octanol–water partition coefficient (Wildman–Crippen LogP) is 4.90. The highest BCUT2D eigenvalue weighted by atomic mass is 35.5. The smallest absolute Gasteiger partial charge is 0.127 e. The van der Waals surface area contributed by atoms with Crippen molar-refractivity contribution in [3.05, 3.63) is 68.4 Å². The van der Waals surface area contributed by atoms with E-state index in [1.165, 1.54) is 6.07 Å². The zero-order valence-electron chi connectivity index (χ0n) is 10.5. The summed E-state index contributed by atoms with van der Waals surface area (Å²) in [7, 11) is 0. The van der Waals surface area contributed by atoms with Gasteiger partial charge in [-0.2, -0.15) is 0 Å². The van der Waals surface area contributed by atoms with Crippen LogP contribution in [0.25, 0.3) is 0 Å². The van der Waals surface area contributed by atoms with E-state index in [0.717, 1.165) is 5.56 Å². The van der Waals surface area contributed by atoms with Crippen LogP contribution in [0, 0.1) is 5.82 Å². The minimum atomic E-state index is -0.349. The number of nitrogens with two attached hydrogens (primary N) is 1. The molecule has 1 nitrogen and oxygen atoms in total. The van der Waals surface area contributed by atoms with Crippen LogP contribution in [0.2, 0.25) is 15.1 Å². The molecule has 0 radical (unpaired) electrons. The molecule has 2 N–H and O–H groups in total. The van der Waals surface area contributed by atoms with Crippen LogP contribution in [-0.4, -0.2) is 6.04 Å². The molecule has 1 unspecified atom stereocenters. The van der Waals surface area contributed by atoms with Crippen molar-refractivity contribution in [1.82, 2.24) is 0 Å². The second-order valence-corrected chi connectivity index (χ2v) is 5.86. The number of benzene rings is 2. The second-order valence-electron chi connectivity index (χ2n) is 4.60. The Balaban J connectivity index is 2.11. The molecule has 5 heteroatoms. The number of halogens is 4. The maximum absolute atomic E-state index is 13.7. The van der Waals surface area contributed by atoms with E-state index in [9.17, 15) is 4.39 Å². The first-order valence-electron chi connectivity index (χ1n) is 6.09. The van der Waals surface area contributed by atoms with Gasteiger partial charge >= 0.3 is 0 Å². The maximum atomic E-state index is 13.7. The Kier molecular flexibility index (Phi) is 5.28. The van der Waals surface area contributed by atoms with Gasteiger partial charge < -0.3 is 5.73 Å². The van der Waals surface area contributed by atoms with Gasteiger partial charge in [-0.05, 0) is 48.2 Å². The molecule has 0 aliphatic rings. The summed E-state index contributed by atoms with van der Waals surface area (Å²) >= 11 is 17.9. The van der Waals surface area contributed by atoms with Gasteiger partial charge in [-0.3, -0.25) is 0 Å². The normalized spacial score (nSPS) is 12.4. The first kappa shape index (κ1) is 15.6. The second kappa shape index (κ2) is 6.77. The summed E-state index contributed by atoms with van der Waals surface area (Å²) in [6.45, 7) is 0. The van der Waals surface area contributed by atoms with Gasteiger partial charge in [0.15, 0.2) is 0 Å². The Hall–Kier alpha value is -0.800. The molecule has 0 saturated carbocycles. The number of rotatable bonds is 4. The molecule has 0 fully saturated rings. The fourth-order valence-electron chi connectivity index (χ4n) is 2.03. The van der Waals surface area contributed by atoms with Crippen molar-refractivity contribution in [1.29, 1.82) is 0 Å². The third kappa shape index (κ3) is 3.86. The Bertz CT molecular complexity index is 596. The van der Waals surface area contributed by atoms with Crippen LogP contribution in [0.3, 0.4) is 0 Å². The van der Waals surface area contributed by atoms with E-state index < -0.39 is 0 Å². The van der Waals surface area contributed by atoms with E-state index in [4.69, 9.17) is 40.5 Å². The van der Waals surface area contributed by atoms with Crippen LogP contribution >= 0.6 is 34.8 Å². The summed E-state index contributed by atoms with van der Waals surface area (Å²) in [4.78, 5) is 0. The summed E-state index contributed by atoms with van der Waals surface area (Å²) in [5.74, 6) is -0.349. The Morgan fingerprint density at radius 3 is 2.25 bits per heavy atom. The lowest BCUT2D eigenvalue weighted by atomic mass is 9.99. The number of hydrogen-bond acceptors (Lipinski definition) is 1. The lowest BCUT2D eigenvalue weighted by Crippen LogP contribution is -2.26. The van der Waals surface area contributed by atoms with E-state index in [0.29, 0.717) is 33.5 Å². The minimum absolute atomic E-state index is 0.275. The molecular formula is C15H13Cl3FN. The van der Waals surface area contributed by atoms with Crippen molar-refractivity contribution in [3.63, 3.8) is 0 Å². The van der Waals surface area contributed by atoms with Gasteiger partial charge in [-0.15, -0.1) is 0 Å². The first-order valence-corrected chi connectivity index (χ1v) is 7.23. The molecule has 0 amide bonds. The SMILES string of the molecule is NC(Cc1ccc(Cl)cc1F)Cc1c(Cl)cccc1Cl. The van der Waals surface area contributed by atoms with Crippen molar-refractivity contribution in [2.24, 2.45) is 5.73 Å². The molecule has 0 aromatic heterocycles. The van der Waals surface area contributed by atoms with Gasteiger partial charge in [0.1, 0.15) is 5.82 Å². The maximum Gasteiger partial charge on any atom is 0.127 e. The lowest BCUT2D eigenvalue weighted by Gasteiger charge is -2.14. The topological polar surface area (TPSA) is 26.0 Å². The average molecular weight is 333 g/mol. The highest BCUT2D eigenvalue weighted by Crippen LogP contribution is 2.26. The molecular weight excluding hydrogens is 320 g/mol. The summed E-state index contributed by atoms with van der Waals surface area (Å²) in [5.41, 5.74) is 7.39. The zero-order chi connectivity index (χ0) is 14.7. The monoisotopic (exact) mass is 331 g/mol. The van der Waals surface area contributed by atoms with Crippen LogP contribution in [-0.2, 0) is 12.8 Å². The van der Waals surface area contributed by atoms with Gasteiger partial charge in [0.25, 0.3) is 0 Å². The van der Waals surface area contributed by atoms with Crippen LogP contribution < -0.4 is 5.73 Å². The molecule has 2 rings (SSSR count). The largest absolute Gasteiger partial charge is 0.327 e. The highest BCUT2D eigenvalue weighted by molar-refractivity contribution is 6.36. The third-order valence-corrected chi connectivity index (χ3v) is 3.97. The molecule has 0 aliphatic heterocycles. The Labute approximate surface area is 132 Å². The van der Waals surface area contributed by atoms with Gasteiger partial charge in [-0.1, -0.05) is 46.9 Å². The molecule has 0 spiro atoms. The van der Waals surface area contributed by atoms with Crippen molar-refractivity contribution >= 4 is 34.8 Å². The van der Waals surface area contributed by atoms with E-state index in [1.807, 2.05) is 0 Å². The summed E-state index contributed by atoms with van der Waals surface area (Å²) in [6, 6.07) is 9.60. The molecule has 0 heterocycles. The Morgan fingerprint density at radius 2 is 1.65 bits per heavy atom. The van der Waals surface area contributed by atoms with Crippen LogP contribution in [0.4, 0.5) is 4.39 Å². The van der Waals surface area contributed by atoms with E-state index in [-0.39, 0.29) is 11.9 Å². The molecule has 2 aromatic carbocycles. The molecule has 2 aromatic rings. The van der Waals surface area contributed by atoms with Crippen LogP contribution in [0.1, 0.15) is 11.1 Å². The fraction of sp³-hybridized carbons (Fsp3) is 0.200. The summed E-state index contributed by atoms with van der Waals surface area (Å²) in [5, 5.41) is 1.52. The quantitative estimate of drug-likeness (QED) is 0.847. The van der Waals surface area contributed by atoms with E-state index in [1.54, 1.807) is 30.3 Å². The third-order valence-electron chi connectivity index (χ3n) is 3.03. The highest BCUT2D eigenvalue weighted by Gasteiger charge is 2.13. The fourth-order valence-corrected chi connectivity index (χ4v) is 2.74. The van der Waals surface area contributed by atoms with Gasteiger partial charge in [-0.25, -0.2) is 4.39 Å². The van der Waals surface area contributed by atoms with Gasteiger partial charge in [0.05, 0.1) is 0 Å². The van der Waals surface area contributed by atoms with E-state index >= 15 is 0 Å². The average Bonchev–Trinajstić information content (AvgIpc) is 2.37. The minimum Gasteiger partial charge on any atom is -0.327 e. The summed E-state index contributed by atoms with van der Waals surface area (Å²) in [6.07, 6.45) is 0.880. The standard InChI is InChI=1S/C15H13Cl3FN/c16-10-5-4-9(15(19)7-10)6-11(20)8-12-13(17)2-1-3-14(12)18/h1-5,7,11H,6,8,20H2. The molecule has 0 aliphatic carbocycles. The molecule has 1 atom stereocenters. The van der Waals surface area contributed by atoms with Crippen molar-refractivity contribution in [3.8, 4) is 0 Å². The molecule has 20 heavy (non-hydrogen) atoms.